The summed E-state index contributed by atoms with van der Waals surface area (Å²) >= 11 is 0. The summed E-state index contributed by atoms with van der Waals surface area (Å²) in [5.74, 6) is 1.01. The summed E-state index contributed by atoms with van der Waals surface area (Å²) in [6.07, 6.45) is 3.68. The second kappa shape index (κ2) is 4.99. The number of rotatable bonds is 1. The number of piperidine rings is 1. The molecular formula is C15H29NO. The van der Waals surface area contributed by atoms with Gasteiger partial charge < -0.3 is 4.90 Å². The molecule has 1 rings (SSSR count). The lowest BCUT2D eigenvalue weighted by atomic mass is 9.80. The van der Waals surface area contributed by atoms with E-state index >= 15 is 0 Å². The smallest absolute Gasteiger partial charge is 0.227 e. The lowest BCUT2D eigenvalue weighted by Gasteiger charge is -2.38. The van der Waals surface area contributed by atoms with Crippen LogP contribution in [0.2, 0.25) is 0 Å². The van der Waals surface area contributed by atoms with Gasteiger partial charge in [0.05, 0.1) is 0 Å². The molecule has 1 aliphatic rings. The van der Waals surface area contributed by atoms with E-state index in [1.807, 2.05) is 20.8 Å². The molecule has 0 aromatic rings. The van der Waals surface area contributed by atoms with Gasteiger partial charge in [0.15, 0.2) is 0 Å². The fourth-order valence-electron chi connectivity index (χ4n) is 2.76. The van der Waals surface area contributed by atoms with E-state index in [0.717, 1.165) is 13.1 Å². The zero-order valence-electron chi connectivity index (χ0n) is 12.5. The van der Waals surface area contributed by atoms with Crippen LogP contribution in [-0.4, -0.2) is 23.9 Å². The third kappa shape index (κ3) is 4.69. The Kier molecular flexibility index (Phi) is 4.27. The number of carbonyl (C=O) groups is 1. The Balaban J connectivity index is 2.58. The predicted molar refractivity (Wildman–Crippen MR) is 72.8 cm³/mol. The highest BCUT2D eigenvalue weighted by Gasteiger charge is 2.32. The Labute approximate surface area is 107 Å². The van der Waals surface area contributed by atoms with Gasteiger partial charge in [0.2, 0.25) is 5.91 Å². The van der Waals surface area contributed by atoms with Crippen molar-refractivity contribution >= 4 is 5.91 Å². The number of hydrogen-bond acceptors (Lipinski definition) is 1. The van der Waals surface area contributed by atoms with Gasteiger partial charge in [-0.1, -0.05) is 41.5 Å². The zero-order chi connectivity index (χ0) is 13.3. The minimum atomic E-state index is -0.233. The molecule has 1 unspecified atom stereocenters. The van der Waals surface area contributed by atoms with E-state index in [1.54, 1.807) is 0 Å². The Hall–Kier alpha value is -0.530. The van der Waals surface area contributed by atoms with Gasteiger partial charge in [-0.05, 0) is 30.6 Å². The van der Waals surface area contributed by atoms with Crippen molar-refractivity contribution in [2.75, 3.05) is 13.1 Å². The summed E-state index contributed by atoms with van der Waals surface area (Å²) in [6, 6.07) is 0. The van der Waals surface area contributed by atoms with Gasteiger partial charge in [-0.3, -0.25) is 4.79 Å². The van der Waals surface area contributed by atoms with Crippen LogP contribution in [-0.2, 0) is 4.79 Å². The standard InChI is InChI=1S/C15H29NO/c1-14(2,3)10-12-8-7-9-16(11-12)13(17)15(4,5)6/h12H,7-11H2,1-6H3. The van der Waals surface area contributed by atoms with Crippen LogP contribution >= 0.6 is 0 Å². The molecule has 0 bridgehead atoms. The maximum atomic E-state index is 12.3. The SMILES string of the molecule is CC(C)(C)CC1CCCN(C(=O)C(C)(C)C)C1. The number of nitrogens with zero attached hydrogens (tertiary/aromatic N) is 1. The highest BCUT2D eigenvalue weighted by atomic mass is 16.2. The molecule has 1 heterocycles. The second-order valence-corrected chi connectivity index (χ2v) is 7.77. The van der Waals surface area contributed by atoms with Crippen molar-refractivity contribution in [3.63, 3.8) is 0 Å². The molecule has 1 amide bonds. The third-order valence-corrected chi connectivity index (χ3v) is 3.35. The van der Waals surface area contributed by atoms with Gasteiger partial charge in [-0.25, -0.2) is 0 Å². The summed E-state index contributed by atoms with van der Waals surface area (Å²) < 4.78 is 0. The summed E-state index contributed by atoms with van der Waals surface area (Å²) in [5.41, 5.74) is 0.141. The zero-order valence-corrected chi connectivity index (χ0v) is 12.5. The topological polar surface area (TPSA) is 20.3 Å². The maximum Gasteiger partial charge on any atom is 0.227 e. The van der Waals surface area contributed by atoms with Crippen LogP contribution < -0.4 is 0 Å². The predicted octanol–water partition coefficient (Wildman–Crippen LogP) is 3.71. The van der Waals surface area contributed by atoms with Gasteiger partial charge in [0.1, 0.15) is 0 Å². The first kappa shape index (κ1) is 14.5. The Morgan fingerprint density at radius 3 is 2.24 bits per heavy atom. The van der Waals surface area contributed by atoms with Crippen molar-refractivity contribution in [3.8, 4) is 0 Å². The molecule has 17 heavy (non-hydrogen) atoms. The average molecular weight is 239 g/mol. The first-order valence-electron chi connectivity index (χ1n) is 6.89. The molecule has 0 aromatic heterocycles. The first-order valence-corrected chi connectivity index (χ1v) is 6.89. The van der Waals surface area contributed by atoms with Gasteiger partial charge in [-0.2, -0.15) is 0 Å². The van der Waals surface area contributed by atoms with Crippen LogP contribution in [0.15, 0.2) is 0 Å². The molecule has 0 saturated carbocycles. The summed E-state index contributed by atoms with van der Waals surface area (Å²) in [4.78, 5) is 14.3. The minimum absolute atomic E-state index is 0.233. The molecule has 2 nitrogen and oxygen atoms in total. The first-order chi connectivity index (χ1) is 7.59. The van der Waals surface area contributed by atoms with Gasteiger partial charge >= 0.3 is 0 Å². The molecular weight excluding hydrogens is 210 g/mol. The van der Waals surface area contributed by atoms with Crippen molar-refractivity contribution in [2.45, 2.75) is 60.8 Å². The van der Waals surface area contributed by atoms with Crippen LogP contribution in [0.25, 0.3) is 0 Å². The number of amides is 1. The van der Waals surface area contributed by atoms with Gasteiger partial charge in [0, 0.05) is 18.5 Å². The third-order valence-electron chi connectivity index (χ3n) is 3.35. The van der Waals surface area contributed by atoms with Crippen LogP contribution in [0.3, 0.4) is 0 Å². The molecule has 1 fully saturated rings. The summed E-state index contributed by atoms with van der Waals surface area (Å²) in [6.45, 7) is 14.8. The van der Waals surface area contributed by atoms with Crippen LogP contribution in [0.1, 0.15) is 60.8 Å². The highest BCUT2D eigenvalue weighted by Crippen LogP contribution is 2.31. The average Bonchev–Trinajstić information content (AvgIpc) is 2.12. The van der Waals surface area contributed by atoms with Crippen molar-refractivity contribution < 1.29 is 4.79 Å². The summed E-state index contributed by atoms with van der Waals surface area (Å²) in [5, 5.41) is 0. The Morgan fingerprint density at radius 1 is 1.18 bits per heavy atom. The molecule has 1 saturated heterocycles. The highest BCUT2D eigenvalue weighted by molar-refractivity contribution is 5.81. The molecule has 0 N–H and O–H groups in total. The normalized spacial score (nSPS) is 22.7. The molecule has 1 atom stereocenters. The van der Waals surface area contributed by atoms with Crippen molar-refractivity contribution in [1.29, 1.82) is 0 Å². The number of hydrogen-bond donors (Lipinski definition) is 0. The van der Waals surface area contributed by atoms with Gasteiger partial charge in [-0.15, -0.1) is 0 Å². The molecule has 0 spiro atoms. The second-order valence-electron chi connectivity index (χ2n) is 7.77. The quantitative estimate of drug-likeness (QED) is 0.683. The lowest BCUT2D eigenvalue weighted by Crippen LogP contribution is -2.45. The van der Waals surface area contributed by atoms with E-state index in [0.29, 0.717) is 17.2 Å². The van der Waals surface area contributed by atoms with E-state index in [2.05, 4.69) is 25.7 Å². The van der Waals surface area contributed by atoms with Crippen molar-refractivity contribution in [3.05, 3.63) is 0 Å². The van der Waals surface area contributed by atoms with Crippen LogP contribution in [0.4, 0.5) is 0 Å². The molecule has 0 aliphatic carbocycles. The van der Waals surface area contributed by atoms with E-state index in [1.165, 1.54) is 19.3 Å². The summed E-state index contributed by atoms with van der Waals surface area (Å²) in [7, 11) is 0. The van der Waals surface area contributed by atoms with Crippen LogP contribution in [0.5, 0.6) is 0 Å². The number of carbonyl (C=O) groups excluding carboxylic acids is 1. The van der Waals surface area contributed by atoms with Gasteiger partial charge in [0.25, 0.3) is 0 Å². The molecule has 0 aromatic carbocycles. The molecule has 1 aliphatic heterocycles. The monoisotopic (exact) mass is 239 g/mol. The van der Waals surface area contributed by atoms with Crippen molar-refractivity contribution in [1.82, 2.24) is 4.90 Å². The number of likely N-dealkylation sites (tertiary alicyclic amines) is 1. The Bertz CT molecular complexity index is 270. The minimum Gasteiger partial charge on any atom is -0.342 e. The Morgan fingerprint density at radius 2 is 1.76 bits per heavy atom. The fourth-order valence-corrected chi connectivity index (χ4v) is 2.76. The van der Waals surface area contributed by atoms with E-state index in [4.69, 9.17) is 0 Å². The van der Waals surface area contributed by atoms with E-state index in [9.17, 15) is 4.79 Å². The van der Waals surface area contributed by atoms with E-state index in [-0.39, 0.29) is 5.41 Å². The molecule has 0 radical (unpaired) electrons. The molecule has 2 heteroatoms. The van der Waals surface area contributed by atoms with Crippen LogP contribution in [0, 0.1) is 16.7 Å². The maximum absolute atomic E-state index is 12.3. The van der Waals surface area contributed by atoms with E-state index < -0.39 is 0 Å². The largest absolute Gasteiger partial charge is 0.342 e. The molecule has 100 valence electrons. The lowest BCUT2D eigenvalue weighted by molar-refractivity contribution is -0.141. The van der Waals surface area contributed by atoms with Crippen molar-refractivity contribution in [2.24, 2.45) is 16.7 Å². The fraction of sp³-hybridized carbons (Fsp3) is 0.933.